The van der Waals surface area contributed by atoms with Crippen molar-refractivity contribution in [2.75, 3.05) is 0 Å². The van der Waals surface area contributed by atoms with Crippen LogP contribution in [-0.4, -0.2) is 25.8 Å². The van der Waals surface area contributed by atoms with E-state index in [0.29, 0.717) is 33.9 Å². The number of hydrogen-bond donors (Lipinski definition) is 2. The van der Waals surface area contributed by atoms with Gasteiger partial charge in [-0.2, -0.15) is 0 Å². The summed E-state index contributed by atoms with van der Waals surface area (Å²) in [5, 5.41) is 2.19. The number of aromatic amines is 1. The van der Waals surface area contributed by atoms with Gasteiger partial charge in [0.1, 0.15) is 11.5 Å². The molecular formula is C17H12ClN5O. The number of halogens is 1. The van der Waals surface area contributed by atoms with Gasteiger partial charge in [0, 0.05) is 35.8 Å². The van der Waals surface area contributed by atoms with Crippen molar-refractivity contribution < 1.29 is 4.79 Å². The van der Waals surface area contributed by atoms with Crippen LogP contribution >= 0.6 is 11.6 Å². The fraction of sp³-hybridized carbons (Fsp3) is 0.0588. The van der Waals surface area contributed by atoms with E-state index in [2.05, 4.69) is 19.9 Å². The Morgan fingerprint density at radius 3 is 2.92 bits per heavy atom. The zero-order chi connectivity index (χ0) is 16.7. The van der Waals surface area contributed by atoms with E-state index in [0.717, 1.165) is 16.5 Å². The molecule has 0 unspecified atom stereocenters. The second kappa shape index (κ2) is 5.58. The minimum atomic E-state index is -0.503. The van der Waals surface area contributed by atoms with Gasteiger partial charge in [-0.1, -0.05) is 17.7 Å². The van der Waals surface area contributed by atoms with E-state index in [-0.39, 0.29) is 0 Å². The first-order valence-corrected chi connectivity index (χ1v) is 7.65. The Bertz CT molecular complexity index is 1090. The van der Waals surface area contributed by atoms with E-state index in [1.54, 1.807) is 18.6 Å². The Kier molecular flexibility index (Phi) is 3.39. The van der Waals surface area contributed by atoms with Crippen molar-refractivity contribution in [1.29, 1.82) is 0 Å². The number of hydrogen-bond acceptors (Lipinski definition) is 4. The van der Waals surface area contributed by atoms with Crippen LogP contribution in [0.1, 0.15) is 21.7 Å². The van der Waals surface area contributed by atoms with Crippen molar-refractivity contribution in [3.8, 4) is 0 Å². The van der Waals surface area contributed by atoms with E-state index < -0.39 is 5.91 Å². The number of nitrogens with one attached hydrogen (secondary N) is 1. The van der Waals surface area contributed by atoms with E-state index in [4.69, 9.17) is 17.3 Å². The molecule has 0 saturated carbocycles. The molecule has 0 radical (unpaired) electrons. The van der Waals surface area contributed by atoms with Gasteiger partial charge in [-0.25, -0.2) is 9.97 Å². The summed E-state index contributed by atoms with van der Waals surface area (Å²) < 4.78 is 0. The highest BCUT2D eigenvalue weighted by atomic mass is 35.5. The third-order valence-corrected chi connectivity index (χ3v) is 4.03. The lowest BCUT2D eigenvalue weighted by Gasteiger charge is -2.04. The van der Waals surface area contributed by atoms with Crippen molar-refractivity contribution in [1.82, 2.24) is 19.9 Å². The van der Waals surface area contributed by atoms with E-state index >= 15 is 0 Å². The van der Waals surface area contributed by atoms with Crippen molar-refractivity contribution >= 4 is 39.4 Å². The largest absolute Gasteiger partial charge is 0.366 e. The number of pyridine rings is 1. The van der Waals surface area contributed by atoms with Gasteiger partial charge < -0.3 is 10.7 Å². The number of carbonyl (C=O) groups is 1. The molecule has 0 aliphatic heterocycles. The minimum absolute atomic E-state index is 0.392. The molecule has 6 nitrogen and oxygen atoms in total. The van der Waals surface area contributed by atoms with Crippen LogP contribution in [0.2, 0.25) is 5.02 Å². The zero-order valence-electron chi connectivity index (χ0n) is 12.5. The molecule has 3 aromatic heterocycles. The average Bonchev–Trinajstić information content (AvgIpc) is 2.98. The maximum atomic E-state index is 11.3. The lowest BCUT2D eigenvalue weighted by molar-refractivity contribution is 0.100. The lowest BCUT2D eigenvalue weighted by Crippen LogP contribution is -2.10. The second-order valence-corrected chi connectivity index (χ2v) is 5.91. The Balaban J connectivity index is 1.69. The molecule has 0 aliphatic rings. The summed E-state index contributed by atoms with van der Waals surface area (Å²) in [6, 6.07) is 7.83. The highest BCUT2D eigenvalue weighted by Crippen LogP contribution is 2.20. The number of rotatable bonds is 3. The van der Waals surface area contributed by atoms with Crippen LogP contribution in [-0.2, 0) is 6.42 Å². The smallest absolute Gasteiger partial charge is 0.250 e. The molecule has 1 aromatic carbocycles. The molecule has 0 fully saturated rings. The van der Waals surface area contributed by atoms with Crippen molar-refractivity contribution in [3.05, 3.63) is 64.8 Å². The first-order valence-electron chi connectivity index (χ1n) is 7.27. The molecule has 0 aliphatic carbocycles. The molecule has 0 atom stereocenters. The average molecular weight is 338 g/mol. The highest BCUT2D eigenvalue weighted by Gasteiger charge is 2.11. The normalized spacial score (nSPS) is 11.2. The molecule has 3 N–H and O–H groups in total. The highest BCUT2D eigenvalue weighted by molar-refractivity contribution is 6.31. The van der Waals surface area contributed by atoms with Crippen molar-refractivity contribution in [2.24, 2.45) is 5.73 Å². The molecule has 3 heterocycles. The standard InChI is InChI=1S/C17H12ClN5O/c18-11-5-10-3-9(1-2-14(10)20-6-11)4-15-21-8-13-12(16(19)24)7-22-17(13)23-15/h1-3,5-8H,4H2,(H2,19,24)(H,21,22,23). The Labute approximate surface area is 141 Å². The molecule has 118 valence electrons. The molecule has 7 heteroatoms. The first kappa shape index (κ1) is 14.6. The molecule has 1 amide bonds. The van der Waals surface area contributed by atoms with Crippen LogP contribution in [0.15, 0.2) is 42.9 Å². The summed E-state index contributed by atoms with van der Waals surface area (Å²) >= 11 is 6.00. The number of carbonyl (C=O) groups excluding carboxylic acids is 1. The van der Waals surface area contributed by atoms with Crippen LogP contribution in [0.4, 0.5) is 0 Å². The number of H-pyrrole nitrogens is 1. The molecule has 0 spiro atoms. The van der Waals surface area contributed by atoms with Gasteiger partial charge >= 0.3 is 0 Å². The number of aromatic nitrogens is 4. The summed E-state index contributed by atoms with van der Waals surface area (Å²) in [7, 11) is 0. The zero-order valence-corrected chi connectivity index (χ0v) is 13.2. The molecule has 0 bridgehead atoms. The summed E-state index contributed by atoms with van der Waals surface area (Å²) in [5.41, 5.74) is 8.24. The fourth-order valence-corrected chi connectivity index (χ4v) is 2.85. The number of nitrogens with two attached hydrogens (primary N) is 1. The van der Waals surface area contributed by atoms with Gasteiger partial charge in [-0.3, -0.25) is 9.78 Å². The summed E-state index contributed by atoms with van der Waals surface area (Å²) in [6.45, 7) is 0. The monoisotopic (exact) mass is 337 g/mol. The number of amides is 1. The Morgan fingerprint density at radius 1 is 1.21 bits per heavy atom. The predicted molar refractivity (Wildman–Crippen MR) is 92.0 cm³/mol. The molecule has 4 rings (SSSR count). The van der Waals surface area contributed by atoms with Crippen LogP contribution < -0.4 is 5.73 Å². The van der Waals surface area contributed by atoms with Gasteiger partial charge in [0.2, 0.25) is 0 Å². The number of nitrogens with zero attached hydrogens (tertiary/aromatic N) is 3. The number of benzene rings is 1. The molecular weight excluding hydrogens is 326 g/mol. The van der Waals surface area contributed by atoms with Gasteiger partial charge in [0.05, 0.1) is 16.1 Å². The van der Waals surface area contributed by atoms with E-state index in [9.17, 15) is 4.79 Å². The van der Waals surface area contributed by atoms with Crippen LogP contribution in [0, 0.1) is 0 Å². The van der Waals surface area contributed by atoms with Crippen LogP contribution in [0.5, 0.6) is 0 Å². The first-order chi connectivity index (χ1) is 11.6. The van der Waals surface area contributed by atoms with Crippen LogP contribution in [0.3, 0.4) is 0 Å². The van der Waals surface area contributed by atoms with Gasteiger partial charge in [-0.15, -0.1) is 0 Å². The second-order valence-electron chi connectivity index (χ2n) is 5.47. The van der Waals surface area contributed by atoms with E-state index in [1.807, 2.05) is 24.3 Å². The van der Waals surface area contributed by atoms with Crippen molar-refractivity contribution in [2.45, 2.75) is 6.42 Å². The minimum Gasteiger partial charge on any atom is -0.366 e. The number of primary amides is 1. The lowest BCUT2D eigenvalue weighted by atomic mass is 10.1. The third kappa shape index (κ3) is 2.57. The van der Waals surface area contributed by atoms with Gasteiger partial charge in [0.15, 0.2) is 0 Å². The number of fused-ring (bicyclic) bond motifs is 2. The topological polar surface area (TPSA) is 97.6 Å². The fourth-order valence-electron chi connectivity index (χ4n) is 2.68. The predicted octanol–water partition coefficient (Wildman–Crippen LogP) is 2.85. The Hall–Kier alpha value is -2.99. The maximum absolute atomic E-state index is 11.3. The van der Waals surface area contributed by atoms with E-state index in [1.165, 1.54) is 0 Å². The summed E-state index contributed by atoms with van der Waals surface area (Å²) in [4.78, 5) is 27.4. The SMILES string of the molecule is NC(=O)c1c[nH]c2nc(Cc3ccc4ncc(Cl)cc4c3)ncc12. The summed E-state index contributed by atoms with van der Waals surface area (Å²) in [6.07, 6.45) is 5.36. The Morgan fingerprint density at radius 2 is 2.08 bits per heavy atom. The molecule has 24 heavy (non-hydrogen) atoms. The van der Waals surface area contributed by atoms with Gasteiger partial charge in [-0.05, 0) is 23.8 Å². The van der Waals surface area contributed by atoms with Crippen molar-refractivity contribution in [3.63, 3.8) is 0 Å². The quantitative estimate of drug-likeness (QED) is 0.600. The molecule has 0 saturated heterocycles. The molecule has 4 aromatic rings. The maximum Gasteiger partial charge on any atom is 0.250 e. The third-order valence-electron chi connectivity index (χ3n) is 3.82. The van der Waals surface area contributed by atoms with Crippen LogP contribution in [0.25, 0.3) is 21.9 Å². The van der Waals surface area contributed by atoms with Gasteiger partial charge in [0.25, 0.3) is 5.91 Å². The summed E-state index contributed by atoms with van der Waals surface area (Å²) in [5.74, 6) is 0.145.